The van der Waals surface area contributed by atoms with Gasteiger partial charge in [-0.05, 0) is 31.5 Å². The Morgan fingerprint density at radius 1 is 1.18 bits per heavy atom. The topological polar surface area (TPSA) is 13.1 Å². The van der Waals surface area contributed by atoms with E-state index in [1.54, 1.807) is 0 Å². The third-order valence-corrected chi connectivity index (χ3v) is 1.89. The van der Waals surface area contributed by atoms with Gasteiger partial charge in [0, 0.05) is 5.56 Å². The lowest BCUT2D eigenvalue weighted by molar-refractivity contribution is 0.531. The number of hydrogen-bond acceptors (Lipinski definition) is 1. The number of fused-ring (bicyclic) bond motifs is 1. The fraction of sp³-hybridized carbons (Fsp3) is 0.200. The standard InChI is InChI=1S/C10H10O/c1-7-6-8(2)11-10-5-3-4-9(7)10/h3-6H,1-2H3. The van der Waals surface area contributed by atoms with Gasteiger partial charge in [0.25, 0.3) is 0 Å². The Hall–Kier alpha value is -1.24. The molecule has 56 valence electrons. The summed E-state index contributed by atoms with van der Waals surface area (Å²) in [4.78, 5) is 0. The van der Waals surface area contributed by atoms with E-state index in [0.717, 1.165) is 11.5 Å². The minimum Gasteiger partial charge on any atom is -0.461 e. The maximum Gasteiger partial charge on any atom is 0.134 e. The van der Waals surface area contributed by atoms with Gasteiger partial charge in [-0.15, -0.1) is 0 Å². The van der Waals surface area contributed by atoms with Crippen molar-refractivity contribution < 1.29 is 4.42 Å². The van der Waals surface area contributed by atoms with Crippen LogP contribution in [0, 0.1) is 13.8 Å². The van der Waals surface area contributed by atoms with Crippen molar-refractivity contribution in [3.05, 3.63) is 35.6 Å². The molecule has 0 radical (unpaired) electrons. The van der Waals surface area contributed by atoms with Crippen LogP contribution in [0.25, 0.3) is 11.3 Å². The lowest BCUT2D eigenvalue weighted by atomic mass is 10.1. The summed E-state index contributed by atoms with van der Waals surface area (Å²) in [6.07, 6.45) is 0. The number of hydrogen-bond donors (Lipinski definition) is 0. The Morgan fingerprint density at radius 3 is 2.82 bits per heavy atom. The molecule has 0 aromatic heterocycles. The summed E-state index contributed by atoms with van der Waals surface area (Å²) < 4.78 is 5.48. The van der Waals surface area contributed by atoms with Crippen LogP contribution < -0.4 is 0 Å². The van der Waals surface area contributed by atoms with Crippen LogP contribution in [0.5, 0.6) is 0 Å². The van der Waals surface area contributed by atoms with Gasteiger partial charge in [0.2, 0.25) is 0 Å². The highest BCUT2D eigenvalue weighted by atomic mass is 16.3. The molecule has 0 aromatic carbocycles. The minimum atomic E-state index is 0.973. The smallest absolute Gasteiger partial charge is 0.134 e. The number of aryl methyl sites for hydroxylation is 2. The largest absolute Gasteiger partial charge is 0.461 e. The van der Waals surface area contributed by atoms with Gasteiger partial charge >= 0.3 is 0 Å². The fourth-order valence-electron chi connectivity index (χ4n) is 1.40. The molecule has 0 saturated carbocycles. The monoisotopic (exact) mass is 146 g/mol. The van der Waals surface area contributed by atoms with E-state index in [1.807, 2.05) is 19.1 Å². The van der Waals surface area contributed by atoms with Crippen LogP contribution in [0.3, 0.4) is 0 Å². The Morgan fingerprint density at radius 2 is 2.00 bits per heavy atom. The van der Waals surface area contributed by atoms with E-state index in [1.165, 1.54) is 11.1 Å². The highest BCUT2D eigenvalue weighted by Gasteiger charge is 2.06. The van der Waals surface area contributed by atoms with Crippen LogP contribution in [0.1, 0.15) is 11.3 Å². The van der Waals surface area contributed by atoms with Gasteiger partial charge in [-0.25, -0.2) is 0 Å². The van der Waals surface area contributed by atoms with Crippen LogP contribution in [0.4, 0.5) is 0 Å². The summed E-state index contributed by atoms with van der Waals surface area (Å²) >= 11 is 0. The maximum absolute atomic E-state index is 5.48. The average molecular weight is 146 g/mol. The van der Waals surface area contributed by atoms with E-state index in [0.29, 0.717) is 0 Å². The lowest BCUT2D eigenvalue weighted by Crippen LogP contribution is -1.82. The SMILES string of the molecule is Cc1cc(C)c2cccc-2o1. The molecule has 0 atom stereocenters. The minimum absolute atomic E-state index is 0.973. The molecule has 0 fully saturated rings. The van der Waals surface area contributed by atoms with Gasteiger partial charge < -0.3 is 4.42 Å². The first-order chi connectivity index (χ1) is 5.27. The van der Waals surface area contributed by atoms with Crippen molar-refractivity contribution >= 4 is 0 Å². The van der Waals surface area contributed by atoms with Crippen LogP contribution in [0.2, 0.25) is 0 Å². The van der Waals surface area contributed by atoms with E-state index in [4.69, 9.17) is 4.42 Å². The molecule has 0 unspecified atom stereocenters. The molecule has 0 spiro atoms. The molecule has 0 amide bonds. The van der Waals surface area contributed by atoms with Crippen LogP contribution in [-0.4, -0.2) is 0 Å². The molecule has 11 heavy (non-hydrogen) atoms. The third-order valence-electron chi connectivity index (χ3n) is 1.89. The molecule has 0 bridgehead atoms. The Bertz CT molecular complexity index is 346. The molecule has 1 heteroatoms. The molecule has 1 aliphatic carbocycles. The first-order valence-corrected chi connectivity index (χ1v) is 3.73. The molecule has 0 aromatic rings. The Kier molecular flexibility index (Phi) is 1.25. The van der Waals surface area contributed by atoms with Crippen molar-refractivity contribution in [1.82, 2.24) is 0 Å². The van der Waals surface area contributed by atoms with E-state index >= 15 is 0 Å². The maximum atomic E-state index is 5.48. The van der Waals surface area contributed by atoms with Crippen molar-refractivity contribution in [3.63, 3.8) is 0 Å². The lowest BCUT2D eigenvalue weighted by Gasteiger charge is -2.03. The summed E-state index contributed by atoms with van der Waals surface area (Å²) in [6, 6.07) is 8.14. The Balaban J connectivity index is 2.79. The first-order valence-electron chi connectivity index (χ1n) is 3.73. The second-order valence-electron chi connectivity index (χ2n) is 2.84. The molecule has 2 rings (SSSR count). The van der Waals surface area contributed by atoms with E-state index in [2.05, 4.69) is 19.1 Å². The second kappa shape index (κ2) is 2.12. The summed E-state index contributed by atoms with van der Waals surface area (Å²) in [5.74, 6) is 1.96. The van der Waals surface area contributed by atoms with Gasteiger partial charge in [0.1, 0.15) is 11.5 Å². The molecule has 0 N–H and O–H groups in total. The molecular weight excluding hydrogens is 136 g/mol. The summed E-state index contributed by atoms with van der Waals surface area (Å²) in [6.45, 7) is 4.07. The van der Waals surface area contributed by atoms with Gasteiger partial charge in [-0.1, -0.05) is 12.1 Å². The van der Waals surface area contributed by atoms with Crippen molar-refractivity contribution in [2.75, 3.05) is 0 Å². The van der Waals surface area contributed by atoms with Crippen LogP contribution >= 0.6 is 0 Å². The van der Waals surface area contributed by atoms with Gasteiger partial charge in [0.05, 0.1) is 0 Å². The van der Waals surface area contributed by atoms with Crippen molar-refractivity contribution in [2.45, 2.75) is 13.8 Å². The van der Waals surface area contributed by atoms with Crippen molar-refractivity contribution in [3.8, 4) is 11.3 Å². The summed E-state index contributed by atoms with van der Waals surface area (Å²) in [5.41, 5.74) is 2.50. The highest BCUT2D eigenvalue weighted by molar-refractivity contribution is 5.64. The predicted molar refractivity (Wildman–Crippen MR) is 44.8 cm³/mol. The average Bonchev–Trinajstić information content (AvgIpc) is 2.34. The van der Waals surface area contributed by atoms with E-state index in [9.17, 15) is 0 Å². The van der Waals surface area contributed by atoms with Gasteiger partial charge in [-0.2, -0.15) is 0 Å². The Labute approximate surface area is 66.0 Å². The third kappa shape index (κ3) is 0.929. The molecule has 2 aliphatic rings. The molecule has 1 nitrogen and oxygen atoms in total. The zero-order valence-corrected chi connectivity index (χ0v) is 6.72. The molecule has 1 aliphatic heterocycles. The molecular formula is C10H10O. The van der Waals surface area contributed by atoms with Crippen LogP contribution in [-0.2, 0) is 0 Å². The molecule has 1 heterocycles. The highest BCUT2D eigenvalue weighted by Crippen LogP contribution is 2.27. The number of rotatable bonds is 0. The van der Waals surface area contributed by atoms with Gasteiger partial charge in [0.15, 0.2) is 0 Å². The summed E-state index contributed by atoms with van der Waals surface area (Å²) in [7, 11) is 0. The second-order valence-corrected chi connectivity index (χ2v) is 2.84. The van der Waals surface area contributed by atoms with E-state index in [-0.39, 0.29) is 0 Å². The quantitative estimate of drug-likeness (QED) is 0.556. The van der Waals surface area contributed by atoms with Crippen molar-refractivity contribution in [1.29, 1.82) is 0 Å². The first kappa shape index (κ1) is 6.47. The summed E-state index contributed by atoms with van der Waals surface area (Å²) in [5, 5.41) is 0. The van der Waals surface area contributed by atoms with Gasteiger partial charge in [-0.3, -0.25) is 0 Å². The predicted octanol–water partition coefficient (Wildman–Crippen LogP) is 3.00. The molecule has 0 saturated heterocycles. The zero-order chi connectivity index (χ0) is 7.84. The fourth-order valence-corrected chi connectivity index (χ4v) is 1.40. The van der Waals surface area contributed by atoms with Crippen molar-refractivity contribution in [2.24, 2.45) is 0 Å². The zero-order valence-electron chi connectivity index (χ0n) is 6.72. The van der Waals surface area contributed by atoms with Crippen LogP contribution in [0.15, 0.2) is 28.7 Å². The van der Waals surface area contributed by atoms with E-state index < -0.39 is 0 Å². The normalized spacial score (nSPS) is 10.7.